The van der Waals surface area contributed by atoms with E-state index >= 15 is 0 Å². The number of aromatic nitrogens is 3. The highest BCUT2D eigenvalue weighted by molar-refractivity contribution is 7.29. The molecule has 40 heavy (non-hydrogen) atoms. The molecule has 0 atom stereocenters. The molecule has 5 rings (SSSR count). The van der Waals surface area contributed by atoms with Crippen molar-refractivity contribution < 1.29 is 23.4 Å². The largest absolute Gasteiger partial charge is 0.467 e. The third-order valence-electron chi connectivity index (χ3n) is 6.53. The molecule has 0 unspecified atom stereocenters. The van der Waals surface area contributed by atoms with Crippen LogP contribution in [0.3, 0.4) is 0 Å². The number of thiazole rings is 2. The fraction of sp³-hybridized carbons (Fsp3) is 0.429. The molecule has 1 fully saturated rings. The smallest absolute Gasteiger partial charge is 0.410 e. The van der Waals surface area contributed by atoms with E-state index in [0.29, 0.717) is 24.4 Å². The Kier molecular flexibility index (Phi) is 8.20. The molecule has 1 saturated heterocycles. The van der Waals surface area contributed by atoms with Gasteiger partial charge in [-0.05, 0) is 62.9 Å². The number of fused-ring (bicyclic) bond motifs is 1. The second-order valence-electron chi connectivity index (χ2n) is 10.6. The van der Waals surface area contributed by atoms with Gasteiger partial charge in [0.1, 0.15) is 16.4 Å². The number of rotatable bonds is 7. The van der Waals surface area contributed by atoms with E-state index in [1.54, 1.807) is 29.4 Å². The summed E-state index contributed by atoms with van der Waals surface area (Å²) in [5.74, 6) is 0.0496. The summed E-state index contributed by atoms with van der Waals surface area (Å²) < 4.78 is 30.2. The average molecular weight is 586 g/mol. The predicted molar refractivity (Wildman–Crippen MR) is 156 cm³/mol. The van der Waals surface area contributed by atoms with Gasteiger partial charge in [-0.15, -0.1) is 0 Å². The first-order valence-electron chi connectivity index (χ1n) is 13.0. The number of likely N-dealkylation sites (tertiary alicyclic amines) is 1. The summed E-state index contributed by atoms with van der Waals surface area (Å²) in [6.45, 7) is 7.02. The fourth-order valence-corrected chi connectivity index (χ4v) is 6.62. The summed E-state index contributed by atoms with van der Waals surface area (Å²) in [4.78, 5) is 31.5. The minimum absolute atomic E-state index is 0.0703. The van der Waals surface area contributed by atoms with Crippen LogP contribution in [0.2, 0.25) is 0 Å². The number of carbonyl (C=O) groups is 1. The van der Waals surface area contributed by atoms with Gasteiger partial charge in [0.2, 0.25) is 5.95 Å². The van der Waals surface area contributed by atoms with Gasteiger partial charge >= 0.3 is 6.09 Å². The van der Waals surface area contributed by atoms with E-state index in [9.17, 15) is 9.18 Å². The molecule has 0 N–H and O–H groups in total. The van der Waals surface area contributed by atoms with E-state index in [1.807, 2.05) is 39.0 Å². The molecule has 0 spiro atoms. The summed E-state index contributed by atoms with van der Waals surface area (Å²) in [7, 11) is 3.61. The van der Waals surface area contributed by atoms with Crippen molar-refractivity contribution in [1.82, 2.24) is 19.9 Å². The summed E-state index contributed by atoms with van der Waals surface area (Å²) in [5.41, 5.74) is 1.82. The maximum atomic E-state index is 13.7. The summed E-state index contributed by atoms with van der Waals surface area (Å²) in [6.07, 6.45) is 2.87. The first kappa shape index (κ1) is 28.2. The number of methoxy groups -OCH3 is 1. The normalized spacial score (nSPS) is 14.5. The molecule has 4 aromatic rings. The standard InChI is InChI=1S/C28H32FN5O4S2/c1-28(2,3)38-27(35)34-12-9-19(10-13-34)33(4)26-32-25-24(40-26)31-23(39-25)20-7-6-17(14-21(20)37-16-36-5)18-8-11-30-22(29)15-18/h6-8,11,14-15,19H,9-10,12-13,16H2,1-5H3. The van der Waals surface area contributed by atoms with Crippen molar-refractivity contribution in [1.29, 1.82) is 0 Å². The highest BCUT2D eigenvalue weighted by Crippen LogP contribution is 2.41. The number of amides is 1. The number of halogens is 1. The molecule has 1 aliphatic heterocycles. The van der Waals surface area contributed by atoms with Gasteiger partial charge in [0, 0.05) is 45.6 Å². The van der Waals surface area contributed by atoms with Crippen LogP contribution in [0.15, 0.2) is 36.5 Å². The van der Waals surface area contributed by atoms with E-state index in [4.69, 9.17) is 24.2 Å². The van der Waals surface area contributed by atoms with E-state index in [0.717, 1.165) is 43.8 Å². The van der Waals surface area contributed by atoms with Crippen LogP contribution in [0.25, 0.3) is 31.4 Å². The first-order chi connectivity index (χ1) is 19.1. The first-order valence-corrected chi connectivity index (χ1v) is 14.6. The Bertz CT molecular complexity index is 1460. The molecule has 4 heterocycles. The maximum absolute atomic E-state index is 13.7. The SMILES string of the molecule is COCOc1cc(-c2ccnc(F)c2)ccc1-c1nc2sc(N(C)C3CCN(C(=O)OC(C)(C)C)CC3)nc2s1. The maximum Gasteiger partial charge on any atom is 0.410 e. The number of hydrogen-bond acceptors (Lipinski definition) is 10. The molecular weight excluding hydrogens is 553 g/mol. The lowest BCUT2D eigenvalue weighted by Gasteiger charge is -2.37. The number of nitrogens with zero attached hydrogens (tertiary/aromatic N) is 5. The van der Waals surface area contributed by atoms with Crippen LogP contribution in [0, 0.1) is 5.95 Å². The third kappa shape index (κ3) is 6.34. The monoisotopic (exact) mass is 585 g/mol. The van der Waals surface area contributed by atoms with E-state index < -0.39 is 11.5 Å². The van der Waals surface area contributed by atoms with Gasteiger partial charge in [-0.2, -0.15) is 4.39 Å². The molecular formula is C28H32FN5O4S2. The molecule has 3 aromatic heterocycles. The van der Waals surface area contributed by atoms with Gasteiger partial charge in [-0.1, -0.05) is 28.7 Å². The molecule has 1 aliphatic rings. The van der Waals surface area contributed by atoms with Crippen LogP contribution in [0.5, 0.6) is 5.75 Å². The molecule has 1 amide bonds. The topological polar surface area (TPSA) is 89.9 Å². The Morgan fingerprint density at radius 3 is 2.50 bits per heavy atom. The van der Waals surface area contributed by atoms with Gasteiger partial charge < -0.3 is 24.0 Å². The predicted octanol–water partition coefficient (Wildman–Crippen LogP) is 6.44. The Labute approximate surface area is 240 Å². The lowest BCUT2D eigenvalue weighted by molar-refractivity contribution is 0.0205. The van der Waals surface area contributed by atoms with Crippen molar-refractivity contribution in [3.8, 4) is 27.4 Å². The molecule has 0 saturated carbocycles. The summed E-state index contributed by atoms with van der Waals surface area (Å²) in [6, 6.07) is 9.10. The lowest BCUT2D eigenvalue weighted by atomic mass is 10.0. The van der Waals surface area contributed by atoms with Crippen molar-refractivity contribution in [3.63, 3.8) is 0 Å². The molecule has 0 bridgehead atoms. The van der Waals surface area contributed by atoms with Crippen molar-refractivity contribution in [2.24, 2.45) is 0 Å². The zero-order chi connectivity index (χ0) is 28.4. The quantitative estimate of drug-likeness (QED) is 0.181. The van der Waals surface area contributed by atoms with Gasteiger partial charge in [0.15, 0.2) is 21.6 Å². The third-order valence-corrected chi connectivity index (χ3v) is 8.69. The number of pyridine rings is 1. The zero-order valence-electron chi connectivity index (χ0n) is 23.1. The van der Waals surface area contributed by atoms with Gasteiger partial charge in [-0.25, -0.2) is 19.7 Å². The van der Waals surface area contributed by atoms with Crippen LogP contribution >= 0.6 is 22.7 Å². The Balaban J connectivity index is 1.31. The Morgan fingerprint density at radius 2 is 1.82 bits per heavy atom. The van der Waals surface area contributed by atoms with Crippen LogP contribution in [-0.4, -0.2) is 71.6 Å². The highest BCUT2D eigenvalue weighted by Gasteiger charge is 2.30. The van der Waals surface area contributed by atoms with Crippen LogP contribution in [0.1, 0.15) is 33.6 Å². The number of piperidine rings is 1. The minimum atomic E-state index is -0.540. The van der Waals surface area contributed by atoms with Crippen molar-refractivity contribution in [2.45, 2.75) is 45.3 Å². The van der Waals surface area contributed by atoms with E-state index in [1.165, 1.54) is 23.6 Å². The molecule has 12 heteroatoms. The zero-order valence-corrected chi connectivity index (χ0v) is 24.8. The summed E-state index contributed by atoms with van der Waals surface area (Å²) in [5, 5.41) is 1.69. The number of ether oxygens (including phenoxy) is 3. The molecule has 212 valence electrons. The van der Waals surface area contributed by atoms with Crippen LogP contribution in [0.4, 0.5) is 14.3 Å². The van der Waals surface area contributed by atoms with Crippen molar-refractivity contribution >= 4 is 43.6 Å². The fourth-order valence-electron chi connectivity index (χ4n) is 4.52. The molecule has 1 aromatic carbocycles. The molecule has 0 aliphatic carbocycles. The lowest BCUT2D eigenvalue weighted by Crippen LogP contribution is -2.47. The molecule has 0 radical (unpaired) electrons. The van der Waals surface area contributed by atoms with Crippen LogP contribution < -0.4 is 9.64 Å². The number of benzene rings is 1. The van der Waals surface area contributed by atoms with Crippen molar-refractivity contribution in [2.75, 3.05) is 38.9 Å². The van der Waals surface area contributed by atoms with Crippen molar-refractivity contribution in [3.05, 3.63) is 42.5 Å². The number of carbonyl (C=O) groups excluding carboxylic acids is 1. The van der Waals surface area contributed by atoms with E-state index in [-0.39, 0.29) is 18.9 Å². The highest BCUT2D eigenvalue weighted by atomic mass is 32.1. The second kappa shape index (κ2) is 11.6. The van der Waals surface area contributed by atoms with Crippen LogP contribution in [-0.2, 0) is 9.47 Å². The van der Waals surface area contributed by atoms with Gasteiger partial charge in [0.05, 0.1) is 5.56 Å². The number of anilines is 1. The average Bonchev–Trinajstić information content (AvgIpc) is 3.50. The minimum Gasteiger partial charge on any atom is -0.467 e. The number of hydrogen-bond donors (Lipinski definition) is 0. The second-order valence-corrected chi connectivity index (χ2v) is 12.5. The van der Waals surface area contributed by atoms with Gasteiger partial charge in [-0.3, -0.25) is 0 Å². The summed E-state index contributed by atoms with van der Waals surface area (Å²) >= 11 is 3.05. The molecule has 9 nitrogen and oxygen atoms in total. The van der Waals surface area contributed by atoms with Gasteiger partial charge in [0.25, 0.3) is 0 Å². The Morgan fingerprint density at radius 1 is 1.10 bits per heavy atom. The Hall–Kier alpha value is -3.35. The van der Waals surface area contributed by atoms with E-state index in [2.05, 4.69) is 16.9 Å².